The highest BCUT2D eigenvalue weighted by Gasteiger charge is 2.48. The first-order valence-electron chi connectivity index (χ1n) is 9.25. The highest BCUT2D eigenvalue weighted by molar-refractivity contribution is 5.93. The van der Waals surface area contributed by atoms with Crippen LogP contribution in [0.4, 0.5) is 5.82 Å². The first kappa shape index (κ1) is 16.2. The average molecular weight is 363 g/mol. The molecule has 1 aliphatic heterocycles. The molecular formula is C19H21N7O. The lowest BCUT2D eigenvalue weighted by Crippen LogP contribution is -2.37. The fourth-order valence-corrected chi connectivity index (χ4v) is 3.98. The number of rotatable bonds is 2. The maximum atomic E-state index is 13.1. The summed E-state index contributed by atoms with van der Waals surface area (Å²) in [6.45, 7) is 4.89. The molecule has 1 saturated heterocycles. The Morgan fingerprint density at radius 2 is 1.96 bits per heavy atom. The van der Waals surface area contributed by atoms with Gasteiger partial charge in [-0.2, -0.15) is 0 Å². The van der Waals surface area contributed by atoms with E-state index in [0.29, 0.717) is 17.9 Å². The highest BCUT2D eigenvalue weighted by Crippen LogP contribution is 2.48. The number of H-pyrrole nitrogens is 1. The summed E-state index contributed by atoms with van der Waals surface area (Å²) in [5, 5.41) is 1.03. The van der Waals surface area contributed by atoms with Crippen LogP contribution in [-0.4, -0.2) is 61.9 Å². The fraction of sp³-hybridized carbons (Fsp3) is 0.421. The normalized spacial score (nSPS) is 18.7. The van der Waals surface area contributed by atoms with Crippen LogP contribution >= 0.6 is 0 Å². The molecular weight excluding hydrogens is 342 g/mol. The Labute approximate surface area is 156 Å². The van der Waals surface area contributed by atoms with Crippen molar-refractivity contribution in [2.75, 3.05) is 31.1 Å². The van der Waals surface area contributed by atoms with Gasteiger partial charge in [0.15, 0.2) is 0 Å². The summed E-state index contributed by atoms with van der Waals surface area (Å²) in [6.07, 6.45) is 8.96. The van der Waals surface area contributed by atoms with E-state index >= 15 is 0 Å². The Hall–Kier alpha value is -3.03. The molecule has 0 aromatic carbocycles. The number of carbonyl (C=O) groups excluding carboxylic acids is 1. The monoisotopic (exact) mass is 363 g/mol. The molecule has 8 heteroatoms. The molecule has 1 N–H and O–H groups in total. The van der Waals surface area contributed by atoms with Crippen LogP contribution in [0.25, 0.3) is 11.0 Å². The second-order valence-corrected chi connectivity index (χ2v) is 7.58. The lowest BCUT2D eigenvalue weighted by molar-refractivity contribution is 0.0733. The molecule has 1 saturated carbocycles. The van der Waals surface area contributed by atoms with E-state index in [-0.39, 0.29) is 11.3 Å². The average Bonchev–Trinajstić information content (AvgIpc) is 3.32. The van der Waals surface area contributed by atoms with Crippen LogP contribution < -0.4 is 4.90 Å². The van der Waals surface area contributed by atoms with E-state index in [9.17, 15) is 4.79 Å². The van der Waals surface area contributed by atoms with Gasteiger partial charge >= 0.3 is 0 Å². The summed E-state index contributed by atoms with van der Waals surface area (Å²) in [6, 6.07) is 2.01. The molecule has 0 radical (unpaired) electrons. The molecule has 27 heavy (non-hydrogen) atoms. The van der Waals surface area contributed by atoms with Crippen molar-refractivity contribution >= 4 is 22.8 Å². The first-order chi connectivity index (χ1) is 13.2. The number of hydrogen-bond acceptors (Lipinski definition) is 6. The lowest BCUT2D eigenvalue weighted by atomic mass is 10.1. The lowest BCUT2D eigenvalue weighted by Gasteiger charge is -2.25. The van der Waals surface area contributed by atoms with Gasteiger partial charge in [0.1, 0.15) is 23.5 Å². The Bertz CT molecular complexity index is 1010. The Kier molecular flexibility index (Phi) is 3.60. The zero-order chi connectivity index (χ0) is 18.4. The van der Waals surface area contributed by atoms with E-state index in [4.69, 9.17) is 0 Å². The van der Waals surface area contributed by atoms with Crippen molar-refractivity contribution in [1.82, 2.24) is 29.8 Å². The van der Waals surface area contributed by atoms with Gasteiger partial charge in [-0.15, -0.1) is 0 Å². The second kappa shape index (κ2) is 6.00. The Morgan fingerprint density at radius 3 is 2.78 bits per heavy atom. The summed E-state index contributed by atoms with van der Waals surface area (Å²) in [5.41, 5.74) is 2.13. The highest BCUT2D eigenvalue weighted by atomic mass is 16.2. The van der Waals surface area contributed by atoms with Gasteiger partial charge in [0.2, 0.25) is 0 Å². The molecule has 2 fully saturated rings. The fourth-order valence-electron chi connectivity index (χ4n) is 3.98. The number of aryl methyl sites for hydroxylation is 1. The standard InChI is InChI=1S/C19H21N7O/c1-13-15(21-7-6-20-13)18(27)26-9-8-25(10-19(11-26)3-4-19)17-14-2-5-22-16(14)23-12-24-17/h2,5-7,12H,3-4,8-11H2,1H3,(H,22,23,24). The number of nitrogens with zero attached hydrogens (tertiary/aromatic N) is 6. The Balaban J connectivity index is 1.45. The molecule has 0 unspecified atom stereocenters. The zero-order valence-electron chi connectivity index (χ0n) is 15.2. The molecule has 8 nitrogen and oxygen atoms in total. The summed E-state index contributed by atoms with van der Waals surface area (Å²) in [7, 11) is 0. The van der Waals surface area contributed by atoms with E-state index in [1.165, 1.54) is 0 Å². The van der Waals surface area contributed by atoms with E-state index in [0.717, 1.165) is 49.3 Å². The zero-order valence-corrected chi connectivity index (χ0v) is 15.2. The molecule has 0 bridgehead atoms. The molecule has 2 aliphatic rings. The van der Waals surface area contributed by atoms with Gasteiger partial charge in [-0.25, -0.2) is 15.0 Å². The molecule has 1 aliphatic carbocycles. The SMILES string of the molecule is Cc1nccnc1C(=O)N1CCN(c2ncnc3[nH]ccc23)CC2(CC2)C1. The number of hydrogen-bond donors (Lipinski definition) is 1. The van der Waals surface area contributed by atoms with E-state index in [1.54, 1.807) is 18.7 Å². The number of anilines is 1. The molecule has 4 heterocycles. The smallest absolute Gasteiger partial charge is 0.274 e. The van der Waals surface area contributed by atoms with Gasteiger partial charge in [0.05, 0.1) is 11.1 Å². The number of carbonyl (C=O) groups is 1. The third-order valence-electron chi connectivity index (χ3n) is 5.65. The molecule has 0 atom stereocenters. The number of aromatic amines is 1. The van der Waals surface area contributed by atoms with Crippen LogP contribution in [0.1, 0.15) is 29.0 Å². The number of nitrogens with one attached hydrogen (secondary N) is 1. The van der Waals surface area contributed by atoms with Crippen molar-refractivity contribution in [3.8, 4) is 0 Å². The van der Waals surface area contributed by atoms with Crippen molar-refractivity contribution in [1.29, 1.82) is 0 Å². The van der Waals surface area contributed by atoms with Crippen LogP contribution in [0.15, 0.2) is 31.0 Å². The van der Waals surface area contributed by atoms with Gasteiger partial charge < -0.3 is 14.8 Å². The first-order valence-corrected chi connectivity index (χ1v) is 9.25. The third kappa shape index (κ3) is 2.81. The molecule has 3 aromatic heterocycles. The quantitative estimate of drug-likeness (QED) is 0.747. The molecule has 5 rings (SSSR count). The van der Waals surface area contributed by atoms with Crippen molar-refractivity contribution < 1.29 is 4.79 Å². The predicted molar refractivity (Wildman–Crippen MR) is 100 cm³/mol. The van der Waals surface area contributed by atoms with Crippen LogP contribution in [0, 0.1) is 12.3 Å². The van der Waals surface area contributed by atoms with Crippen molar-refractivity contribution in [3.63, 3.8) is 0 Å². The summed E-state index contributed by atoms with van der Waals surface area (Å²) < 4.78 is 0. The minimum absolute atomic E-state index is 0.0248. The molecule has 138 valence electrons. The summed E-state index contributed by atoms with van der Waals surface area (Å²) in [5.74, 6) is 0.917. The van der Waals surface area contributed by atoms with E-state index < -0.39 is 0 Å². The second-order valence-electron chi connectivity index (χ2n) is 7.58. The van der Waals surface area contributed by atoms with Crippen LogP contribution in [-0.2, 0) is 0 Å². The molecule has 3 aromatic rings. The van der Waals surface area contributed by atoms with Gasteiger partial charge in [-0.05, 0) is 25.8 Å². The number of amides is 1. The van der Waals surface area contributed by atoms with Crippen LogP contribution in [0.5, 0.6) is 0 Å². The minimum Gasteiger partial charge on any atom is -0.354 e. The largest absolute Gasteiger partial charge is 0.354 e. The van der Waals surface area contributed by atoms with Crippen molar-refractivity contribution in [2.45, 2.75) is 19.8 Å². The van der Waals surface area contributed by atoms with Crippen LogP contribution in [0.2, 0.25) is 0 Å². The van der Waals surface area contributed by atoms with Crippen molar-refractivity contribution in [2.24, 2.45) is 5.41 Å². The van der Waals surface area contributed by atoms with Gasteiger partial charge in [-0.3, -0.25) is 9.78 Å². The topological polar surface area (TPSA) is 90.9 Å². The molecule has 1 spiro atoms. The molecule has 1 amide bonds. The van der Waals surface area contributed by atoms with Gasteiger partial charge in [0.25, 0.3) is 5.91 Å². The van der Waals surface area contributed by atoms with Gasteiger partial charge in [-0.1, -0.05) is 0 Å². The van der Waals surface area contributed by atoms with E-state index in [1.807, 2.05) is 24.1 Å². The number of aromatic nitrogens is 5. The summed E-state index contributed by atoms with van der Waals surface area (Å²) >= 11 is 0. The van der Waals surface area contributed by atoms with E-state index in [2.05, 4.69) is 29.8 Å². The van der Waals surface area contributed by atoms with Gasteiger partial charge in [0, 0.05) is 50.2 Å². The summed E-state index contributed by atoms with van der Waals surface area (Å²) in [4.78, 5) is 37.8. The number of fused-ring (bicyclic) bond motifs is 1. The maximum Gasteiger partial charge on any atom is 0.274 e. The van der Waals surface area contributed by atoms with Crippen LogP contribution in [0.3, 0.4) is 0 Å². The van der Waals surface area contributed by atoms with Crippen molar-refractivity contribution in [3.05, 3.63) is 42.4 Å². The Morgan fingerprint density at radius 1 is 1.11 bits per heavy atom. The minimum atomic E-state index is -0.0248. The maximum absolute atomic E-state index is 13.1. The third-order valence-corrected chi connectivity index (χ3v) is 5.65. The predicted octanol–water partition coefficient (Wildman–Crippen LogP) is 1.80.